The molecule has 0 aliphatic heterocycles. The third kappa shape index (κ3) is 101. The second-order valence-corrected chi connectivity index (χ2v) is 3.56. The molecule has 0 aromatic rings. The number of hydrogen-bond donors (Lipinski definition) is 2. The Morgan fingerprint density at radius 3 is 1.50 bits per heavy atom. The lowest BCUT2D eigenvalue weighted by Crippen LogP contribution is -1.90. The number of carbonyl (C=O) groups excluding carboxylic acids is 1. The van der Waals surface area contributed by atoms with Crippen molar-refractivity contribution >= 4 is 5.78 Å². The number of rotatable bonds is 3. The molecule has 2 N–H and O–H groups in total. The van der Waals surface area contributed by atoms with E-state index in [4.69, 9.17) is 10.2 Å². The van der Waals surface area contributed by atoms with Crippen LogP contribution in [0, 0.1) is 5.92 Å². The van der Waals surface area contributed by atoms with Crippen molar-refractivity contribution in [3.8, 4) is 0 Å². The fourth-order valence-corrected chi connectivity index (χ4v) is 0.158. The Morgan fingerprint density at radius 2 is 1.50 bits per heavy atom. The molecule has 14 heavy (non-hydrogen) atoms. The van der Waals surface area contributed by atoms with Crippen molar-refractivity contribution in [1.82, 2.24) is 0 Å². The van der Waals surface area contributed by atoms with Crippen LogP contribution in [0.1, 0.15) is 47.5 Å². The molecule has 88 valence electrons. The van der Waals surface area contributed by atoms with Crippen LogP contribution >= 0.6 is 0 Å². The molecule has 0 rings (SSSR count). The van der Waals surface area contributed by atoms with Gasteiger partial charge in [0, 0.05) is 13.2 Å². The van der Waals surface area contributed by atoms with Crippen LogP contribution in [-0.2, 0) is 4.79 Å². The van der Waals surface area contributed by atoms with Crippen molar-refractivity contribution in [3.05, 3.63) is 0 Å². The maximum atomic E-state index is 9.44. The Hall–Kier alpha value is -0.410. The first kappa shape index (κ1) is 19.2. The van der Waals surface area contributed by atoms with E-state index in [0.29, 0.717) is 19.1 Å². The van der Waals surface area contributed by atoms with Gasteiger partial charge in [0.25, 0.3) is 0 Å². The zero-order chi connectivity index (χ0) is 12.0. The summed E-state index contributed by atoms with van der Waals surface area (Å²) in [6.45, 7) is 9.70. The Kier molecular flexibility index (Phi) is 25.2. The summed E-state index contributed by atoms with van der Waals surface area (Å²) < 4.78 is 0. The van der Waals surface area contributed by atoms with Crippen LogP contribution < -0.4 is 0 Å². The zero-order valence-corrected chi connectivity index (χ0v) is 10.2. The van der Waals surface area contributed by atoms with Gasteiger partial charge >= 0.3 is 0 Å². The van der Waals surface area contributed by atoms with Crippen molar-refractivity contribution in [3.63, 3.8) is 0 Å². The van der Waals surface area contributed by atoms with Crippen LogP contribution in [0.2, 0.25) is 0 Å². The van der Waals surface area contributed by atoms with E-state index >= 15 is 0 Å². The normalized spacial score (nSPS) is 8.29. The van der Waals surface area contributed by atoms with Gasteiger partial charge in [0.2, 0.25) is 0 Å². The molecule has 0 amide bonds. The van der Waals surface area contributed by atoms with Gasteiger partial charge in [0.15, 0.2) is 0 Å². The second-order valence-electron chi connectivity index (χ2n) is 3.56. The molecule has 0 spiro atoms. The fourth-order valence-electron chi connectivity index (χ4n) is 0.158. The Balaban J connectivity index is -0.000000131. The average molecular weight is 206 g/mol. The molecule has 3 heteroatoms. The van der Waals surface area contributed by atoms with Gasteiger partial charge in [-0.25, -0.2) is 0 Å². The summed E-state index contributed by atoms with van der Waals surface area (Å²) >= 11 is 0. The highest BCUT2D eigenvalue weighted by molar-refractivity contribution is 5.72. The summed E-state index contributed by atoms with van der Waals surface area (Å²) in [6.07, 6.45) is 2.04. The number of carbonyl (C=O) groups is 1. The molecule has 0 heterocycles. The first-order valence-electron chi connectivity index (χ1n) is 5.11. The molecule has 0 unspecified atom stereocenters. The highest BCUT2D eigenvalue weighted by atomic mass is 16.3. The lowest BCUT2D eigenvalue weighted by atomic mass is 10.2. The minimum atomic E-state index is 0.167. The molecule has 0 aromatic carbocycles. The standard InChI is InChI=1S/2C4H10O.C3H6O/c1-4(2)3-5;1-2-3-4-5;1-3(2)4/h4-5H,3H2,1-2H3;5H,2-4H2,1H3;1-2H3. The Labute approximate surface area is 88.2 Å². The monoisotopic (exact) mass is 206 g/mol. The van der Waals surface area contributed by atoms with Crippen molar-refractivity contribution in [1.29, 1.82) is 0 Å². The van der Waals surface area contributed by atoms with Crippen molar-refractivity contribution < 1.29 is 15.0 Å². The Morgan fingerprint density at radius 1 is 1.21 bits per heavy atom. The summed E-state index contributed by atoms with van der Waals surface area (Å²) in [6, 6.07) is 0. The van der Waals surface area contributed by atoms with Crippen molar-refractivity contribution in [2.24, 2.45) is 5.92 Å². The largest absolute Gasteiger partial charge is 0.396 e. The zero-order valence-electron chi connectivity index (χ0n) is 10.2. The third-order valence-electron chi connectivity index (χ3n) is 0.877. The molecular formula is C11H26O3. The number of aliphatic hydroxyl groups excluding tert-OH is 2. The van der Waals surface area contributed by atoms with Crippen LogP contribution in [0.4, 0.5) is 0 Å². The van der Waals surface area contributed by atoms with E-state index in [0.717, 1.165) is 12.8 Å². The van der Waals surface area contributed by atoms with E-state index in [9.17, 15) is 4.79 Å². The summed E-state index contributed by atoms with van der Waals surface area (Å²) in [4.78, 5) is 9.44. The topological polar surface area (TPSA) is 57.5 Å². The molecule has 0 atom stereocenters. The molecule has 0 fully saturated rings. The summed E-state index contributed by atoms with van der Waals surface area (Å²) in [5.74, 6) is 0.606. The van der Waals surface area contributed by atoms with Gasteiger partial charge in [0.05, 0.1) is 0 Å². The molecule has 0 aliphatic carbocycles. The van der Waals surface area contributed by atoms with Gasteiger partial charge in [-0.3, -0.25) is 0 Å². The smallest absolute Gasteiger partial charge is 0.126 e. The molecule has 3 nitrogen and oxygen atoms in total. The van der Waals surface area contributed by atoms with Crippen LogP contribution in [0.25, 0.3) is 0 Å². The first-order chi connectivity index (χ1) is 6.42. The van der Waals surface area contributed by atoms with E-state index in [-0.39, 0.29) is 5.78 Å². The number of unbranched alkanes of at least 4 members (excludes halogenated alkanes) is 1. The molecule has 0 bridgehead atoms. The van der Waals surface area contributed by atoms with E-state index in [1.54, 1.807) is 0 Å². The second kappa shape index (κ2) is 18.4. The highest BCUT2D eigenvalue weighted by Gasteiger charge is 1.81. The van der Waals surface area contributed by atoms with Crippen LogP contribution in [0.5, 0.6) is 0 Å². The quantitative estimate of drug-likeness (QED) is 0.742. The van der Waals surface area contributed by atoms with Gasteiger partial charge in [-0.15, -0.1) is 0 Å². The first-order valence-corrected chi connectivity index (χ1v) is 5.11. The third-order valence-corrected chi connectivity index (χ3v) is 0.877. The van der Waals surface area contributed by atoms with E-state index in [1.807, 2.05) is 13.8 Å². The van der Waals surface area contributed by atoms with Gasteiger partial charge in [-0.1, -0.05) is 27.2 Å². The van der Waals surface area contributed by atoms with Crippen molar-refractivity contribution in [2.75, 3.05) is 13.2 Å². The maximum absolute atomic E-state index is 9.44. The fraction of sp³-hybridized carbons (Fsp3) is 0.909. The Bertz CT molecular complexity index is 94.7. The van der Waals surface area contributed by atoms with E-state index in [2.05, 4.69) is 6.92 Å². The number of hydrogen-bond acceptors (Lipinski definition) is 3. The summed E-state index contributed by atoms with van der Waals surface area (Å²) in [7, 11) is 0. The molecule has 0 aliphatic rings. The lowest BCUT2D eigenvalue weighted by molar-refractivity contribution is -0.114. The van der Waals surface area contributed by atoms with E-state index in [1.165, 1.54) is 13.8 Å². The SMILES string of the molecule is CC(C)=O.CC(C)CO.CCCCO. The lowest BCUT2D eigenvalue weighted by Gasteiger charge is -1.90. The van der Waals surface area contributed by atoms with Gasteiger partial charge in [0.1, 0.15) is 5.78 Å². The van der Waals surface area contributed by atoms with Crippen LogP contribution in [0.3, 0.4) is 0 Å². The predicted octanol–water partition coefficient (Wildman–Crippen LogP) is 2.01. The van der Waals surface area contributed by atoms with Crippen LogP contribution in [-0.4, -0.2) is 29.2 Å². The number of aliphatic hydroxyl groups is 2. The minimum Gasteiger partial charge on any atom is -0.396 e. The van der Waals surface area contributed by atoms with Crippen molar-refractivity contribution in [2.45, 2.75) is 47.5 Å². The number of ketones is 1. The van der Waals surface area contributed by atoms with Crippen LogP contribution in [0.15, 0.2) is 0 Å². The van der Waals surface area contributed by atoms with Gasteiger partial charge in [-0.05, 0) is 26.2 Å². The highest BCUT2D eigenvalue weighted by Crippen LogP contribution is 1.83. The molecule has 0 aromatic heterocycles. The molecule has 0 radical (unpaired) electrons. The minimum absolute atomic E-state index is 0.167. The van der Waals surface area contributed by atoms with Gasteiger partial charge in [-0.2, -0.15) is 0 Å². The van der Waals surface area contributed by atoms with E-state index < -0.39 is 0 Å². The number of Topliss-reactive ketones (excluding diaryl/α,β-unsaturated/α-hetero) is 1. The maximum Gasteiger partial charge on any atom is 0.126 e. The molecule has 0 saturated carbocycles. The predicted molar refractivity (Wildman–Crippen MR) is 60.3 cm³/mol. The van der Waals surface area contributed by atoms with Gasteiger partial charge < -0.3 is 15.0 Å². The molecular weight excluding hydrogens is 180 g/mol. The average Bonchev–Trinajstić information content (AvgIpc) is 2.06. The molecule has 0 saturated heterocycles. The summed E-state index contributed by atoms with van der Waals surface area (Å²) in [5, 5.41) is 16.2. The summed E-state index contributed by atoms with van der Waals surface area (Å²) in [5.41, 5.74) is 0.